The van der Waals surface area contributed by atoms with E-state index in [0.29, 0.717) is 12.2 Å². The first kappa shape index (κ1) is 10.2. The molecule has 17 heavy (non-hydrogen) atoms. The van der Waals surface area contributed by atoms with Gasteiger partial charge in [0, 0.05) is 5.39 Å². The Morgan fingerprint density at radius 2 is 2.41 bits per heavy atom. The molecule has 1 aromatic carbocycles. The predicted octanol–water partition coefficient (Wildman–Crippen LogP) is 2.51. The molecule has 0 radical (unpaired) electrons. The molecule has 0 aliphatic carbocycles. The summed E-state index contributed by atoms with van der Waals surface area (Å²) in [5, 5.41) is 10.1. The Kier molecular flexibility index (Phi) is 2.11. The van der Waals surface area contributed by atoms with E-state index in [1.54, 1.807) is 6.07 Å². The van der Waals surface area contributed by atoms with Crippen molar-refractivity contribution in [1.82, 2.24) is 4.57 Å². The Hall–Kier alpha value is -1.97. The average molecular weight is 231 g/mol. The van der Waals surface area contributed by atoms with Crippen LogP contribution in [0.3, 0.4) is 0 Å². The first-order valence-electron chi connectivity index (χ1n) is 5.73. The number of carboxylic acid groups (broad SMARTS) is 1. The number of ether oxygens (including phenoxy) is 1. The standard InChI is InChI=1S/C13H13NO3/c1-2-9-7-14-10(13(15)16)6-8-4-3-5-11(17-9)12(8)14/h3-6,9H,2,7H2,1H3,(H,15,16). The largest absolute Gasteiger partial charge is 0.486 e. The van der Waals surface area contributed by atoms with Gasteiger partial charge < -0.3 is 14.4 Å². The SMILES string of the molecule is CCC1Cn2c(C(=O)O)cc3cccc(c32)O1. The van der Waals surface area contributed by atoms with E-state index in [1.807, 2.05) is 29.7 Å². The summed E-state index contributed by atoms with van der Waals surface area (Å²) in [6, 6.07) is 7.41. The summed E-state index contributed by atoms with van der Waals surface area (Å²) in [5.74, 6) is -0.1000. The molecule has 1 atom stereocenters. The highest BCUT2D eigenvalue weighted by atomic mass is 16.5. The van der Waals surface area contributed by atoms with E-state index in [0.717, 1.165) is 23.1 Å². The maximum Gasteiger partial charge on any atom is 0.352 e. The molecule has 2 heterocycles. The third-order valence-electron chi connectivity index (χ3n) is 3.24. The number of para-hydroxylation sites is 1. The summed E-state index contributed by atoms with van der Waals surface area (Å²) < 4.78 is 7.68. The number of hydrogen-bond donors (Lipinski definition) is 1. The number of rotatable bonds is 2. The van der Waals surface area contributed by atoms with Crippen LogP contribution in [0.5, 0.6) is 5.75 Å². The zero-order valence-corrected chi connectivity index (χ0v) is 9.51. The van der Waals surface area contributed by atoms with Crippen molar-refractivity contribution in [3.8, 4) is 5.75 Å². The lowest BCUT2D eigenvalue weighted by molar-refractivity contribution is 0.0679. The Balaban J connectivity index is 2.29. The molecule has 3 rings (SSSR count). The molecular weight excluding hydrogens is 218 g/mol. The second-order valence-electron chi connectivity index (χ2n) is 4.29. The number of carboxylic acids is 1. The van der Waals surface area contributed by atoms with Gasteiger partial charge in [0.1, 0.15) is 17.5 Å². The van der Waals surface area contributed by atoms with Crippen molar-refractivity contribution >= 4 is 16.9 Å². The smallest absolute Gasteiger partial charge is 0.352 e. The summed E-state index contributed by atoms with van der Waals surface area (Å²) >= 11 is 0. The minimum absolute atomic E-state index is 0.0543. The first-order chi connectivity index (χ1) is 8.20. The number of aromatic carboxylic acids is 1. The van der Waals surface area contributed by atoms with Gasteiger partial charge in [0.05, 0.1) is 12.1 Å². The van der Waals surface area contributed by atoms with Crippen LogP contribution >= 0.6 is 0 Å². The van der Waals surface area contributed by atoms with E-state index in [2.05, 4.69) is 0 Å². The highest BCUT2D eigenvalue weighted by molar-refractivity contribution is 5.97. The molecule has 1 aliphatic rings. The first-order valence-corrected chi connectivity index (χ1v) is 5.73. The second kappa shape index (κ2) is 3.52. The molecular formula is C13H13NO3. The van der Waals surface area contributed by atoms with Crippen molar-refractivity contribution in [2.45, 2.75) is 26.0 Å². The number of hydrogen-bond acceptors (Lipinski definition) is 2. The van der Waals surface area contributed by atoms with Crippen molar-refractivity contribution in [2.75, 3.05) is 0 Å². The lowest BCUT2D eigenvalue weighted by Gasteiger charge is -2.25. The number of nitrogens with zero attached hydrogens (tertiary/aromatic N) is 1. The van der Waals surface area contributed by atoms with Gasteiger partial charge in [-0.05, 0) is 18.6 Å². The van der Waals surface area contributed by atoms with Gasteiger partial charge in [-0.2, -0.15) is 0 Å². The van der Waals surface area contributed by atoms with Crippen LogP contribution in [0.25, 0.3) is 10.9 Å². The van der Waals surface area contributed by atoms with Crippen LogP contribution in [0.4, 0.5) is 0 Å². The van der Waals surface area contributed by atoms with Gasteiger partial charge in [0.2, 0.25) is 0 Å². The molecule has 1 aromatic heterocycles. The van der Waals surface area contributed by atoms with E-state index in [1.165, 1.54) is 0 Å². The van der Waals surface area contributed by atoms with Gasteiger partial charge in [-0.3, -0.25) is 0 Å². The van der Waals surface area contributed by atoms with Crippen molar-refractivity contribution in [2.24, 2.45) is 0 Å². The van der Waals surface area contributed by atoms with E-state index in [-0.39, 0.29) is 6.10 Å². The normalized spacial score (nSPS) is 18.1. The van der Waals surface area contributed by atoms with Crippen LogP contribution in [0, 0.1) is 0 Å². The maximum atomic E-state index is 11.2. The molecule has 1 N–H and O–H groups in total. The fourth-order valence-corrected chi connectivity index (χ4v) is 2.39. The van der Waals surface area contributed by atoms with Crippen molar-refractivity contribution in [3.05, 3.63) is 30.0 Å². The third kappa shape index (κ3) is 1.40. The van der Waals surface area contributed by atoms with E-state index < -0.39 is 5.97 Å². The predicted molar refractivity (Wildman–Crippen MR) is 63.6 cm³/mol. The summed E-state index contributed by atoms with van der Waals surface area (Å²) in [5.41, 5.74) is 1.24. The minimum Gasteiger partial charge on any atom is -0.486 e. The Morgan fingerprint density at radius 1 is 1.59 bits per heavy atom. The molecule has 0 saturated heterocycles. The number of benzene rings is 1. The van der Waals surface area contributed by atoms with E-state index in [9.17, 15) is 9.90 Å². The van der Waals surface area contributed by atoms with Gasteiger partial charge in [-0.25, -0.2) is 4.79 Å². The molecule has 0 saturated carbocycles. The molecule has 0 spiro atoms. The Morgan fingerprint density at radius 3 is 3.12 bits per heavy atom. The summed E-state index contributed by atoms with van der Waals surface area (Å²) in [7, 11) is 0. The van der Waals surface area contributed by atoms with Gasteiger partial charge in [0.25, 0.3) is 0 Å². The van der Waals surface area contributed by atoms with Gasteiger partial charge >= 0.3 is 5.97 Å². The highest BCUT2D eigenvalue weighted by Crippen LogP contribution is 2.34. The number of aromatic nitrogens is 1. The lowest BCUT2D eigenvalue weighted by Crippen LogP contribution is -2.28. The van der Waals surface area contributed by atoms with Crippen LogP contribution in [-0.4, -0.2) is 21.7 Å². The molecule has 4 nitrogen and oxygen atoms in total. The molecule has 0 fully saturated rings. The van der Waals surface area contributed by atoms with Crippen molar-refractivity contribution in [3.63, 3.8) is 0 Å². The molecule has 1 aliphatic heterocycles. The average Bonchev–Trinajstić information content (AvgIpc) is 2.70. The quantitative estimate of drug-likeness (QED) is 0.864. The molecule has 2 aromatic rings. The van der Waals surface area contributed by atoms with Gasteiger partial charge in [0.15, 0.2) is 0 Å². The van der Waals surface area contributed by atoms with Crippen molar-refractivity contribution < 1.29 is 14.6 Å². The topological polar surface area (TPSA) is 51.5 Å². The summed E-state index contributed by atoms with van der Waals surface area (Å²) in [6.45, 7) is 2.65. The Labute approximate surface area is 98.4 Å². The number of carbonyl (C=O) groups is 1. The molecule has 0 bridgehead atoms. The fraction of sp³-hybridized carbons (Fsp3) is 0.308. The zero-order valence-electron chi connectivity index (χ0n) is 9.51. The molecule has 88 valence electrons. The van der Waals surface area contributed by atoms with Gasteiger partial charge in [-0.1, -0.05) is 19.1 Å². The van der Waals surface area contributed by atoms with Crippen LogP contribution in [-0.2, 0) is 6.54 Å². The van der Waals surface area contributed by atoms with E-state index >= 15 is 0 Å². The third-order valence-corrected chi connectivity index (χ3v) is 3.24. The maximum absolute atomic E-state index is 11.2. The van der Waals surface area contributed by atoms with E-state index in [4.69, 9.17) is 4.74 Å². The fourth-order valence-electron chi connectivity index (χ4n) is 2.39. The van der Waals surface area contributed by atoms with Crippen LogP contribution in [0.2, 0.25) is 0 Å². The Bertz CT molecular complexity index is 600. The highest BCUT2D eigenvalue weighted by Gasteiger charge is 2.25. The molecule has 4 heteroatoms. The van der Waals surface area contributed by atoms with Crippen LogP contribution in [0.15, 0.2) is 24.3 Å². The van der Waals surface area contributed by atoms with Gasteiger partial charge in [-0.15, -0.1) is 0 Å². The van der Waals surface area contributed by atoms with Crippen molar-refractivity contribution in [1.29, 1.82) is 0 Å². The summed E-state index contributed by atoms with van der Waals surface area (Å²) in [6.07, 6.45) is 0.922. The van der Waals surface area contributed by atoms with Crippen LogP contribution < -0.4 is 4.74 Å². The second-order valence-corrected chi connectivity index (χ2v) is 4.29. The monoisotopic (exact) mass is 231 g/mol. The minimum atomic E-state index is -0.885. The lowest BCUT2D eigenvalue weighted by atomic mass is 10.2. The van der Waals surface area contributed by atoms with Crippen LogP contribution in [0.1, 0.15) is 23.8 Å². The zero-order chi connectivity index (χ0) is 12.0. The molecule has 1 unspecified atom stereocenters. The molecule has 0 amide bonds. The summed E-state index contributed by atoms with van der Waals surface area (Å²) in [4.78, 5) is 11.2.